The van der Waals surface area contributed by atoms with E-state index < -0.39 is 24.5 Å². The monoisotopic (exact) mass is 340 g/mol. The molecule has 0 saturated heterocycles. The van der Waals surface area contributed by atoms with Gasteiger partial charge in [-0.1, -0.05) is 0 Å². The molecule has 132 valence electrons. The number of ether oxygens (including phenoxy) is 4. The molecule has 0 saturated carbocycles. The number of urea groups is 1. The lowest BCUT2D eigenvalue weighted by atomic mass is 10.2. The molecule has 2 N–H and O–H groups in total. The number of hydrogen-bond acceptors (Lipinski definition) is 7. The molecule has 0 spiro atoms. The van der Waals surface area contributed by atoms with Crippen molar-refractivity contribution in [2.45, 2.75) is 0 Å². The summed E-state index contributed by atoms with van der Waals surface area (Å²) in [7, 11) is 4.36. The lowest BCUT2D eigenvalue weighted by Gasteiger charge is -2.10. The zero-order valence-corrected chi connectivity index (χ0v) is 13.7. The molecule has 0 radical (unpaired) electrons. The maximum absolute atomic E-state index is 12.0. The van der Waals surface area contributed by atoms with Crippen molar-refractivity contribution in [1.82, 2.24) is 10.6 Å². The summed E-state index contributed by atoms with van der Waals surface area (Å²) in [5.41, 5.74) is 0.135. The second-order valence-corrected chi connectivity index (χ2v) is 4.44. The molecule has 9 nitrogen and oxygen atoms in total. The number of imide groups is 1. The minimum absolute atomic E-state index is 0.135. The van der Waals surface area contributed by atoms with Crippen LogP contribution in [0.4, 0.5) is 4.79 Å². The Morgan fingerprint density at radius 2 is 1.83 bits per heavy atom. The standard InChI is InChI=1S/C15H20N2O7/c1-21-7-6-16-15(20)17-13(18)9-24-14(19)11-5-4-10(22-2)8-12(11)23-3/h4-5,8H,6-7,9H2,1-3H3,(H2,16,17,18,20). The van der Waals surface area contributed by atoms with Gasteiger partial charge in [0.1, 0.15) is 17.1 Å². The van der Waals surface area contributed by atoms with Gasteiger partial charge in [0.25, 0.3) is 5.91 Å². The molecule has 0 aliphatic carbocycles. The van der Waals surface area contributed by atoms with Crippen molar-refractivity contribution >= 4 is 17.9 Å². The zero-order valence-electron chi connectivity index (χ0n) is 13.7. The van der Waals surface area contributed by atoms with Crippen LogP contribution in [-0.2, 0) is 14.3 Å². The molecule has 1 rings (SSSR count). The smallest absolute Gasteiger partial charge is 0.342 e. The molecule has 0 aromatic heterocycles. The van der Waals surface area contributed by atoms with Crippen molar-refractivity contribution in [2.24, 2.45) is 0 Å². The number of rotatable bonds is 8. The predicted octanol–water partition coefficient (Wildman–Crippen LogP) is 0.333. The van der Waals surface area contributed by atoms with Crippen LogP contribution in [0, 0.1) is 0 Å². The van der Waals surface area contributed by atoms with E-state index in [4.69, 9.17) is 18.9 Å². The molecule has 24 heavy (non-hydrogen) atoms. The number of benzene rings is 1. The summed E-state index contributed by atoms with van der Waals surface area (Å²) >= 11 is 0. The van der Waals surface area contributed by atoms with E-state index in [2.05, 4.69) is 5.32 Å². The molecule has 0 aliphatic heterocycles. The van der Waals surface area contributed by atoms with E-state index in [1.54, 1.807) is 6.07 Å². The Balaban J connectivity index is 2.51. The van der Waals surface area contributed by atoms with Crippen LogP contribution in [0.3, 0.4) is 0 Å². The van der Waals surface area contributed by atoms with E-state index in [0.29, 0.717) is 12.4 Å². The molecular weight excluding hydrogens is 320 g/mol. The summed E-state index contributed by atoms with van der Waals surface area (Å²) in [6.45, 7) is -0.0436. The quantitative estimate of drug-likeness (QED) is 0.518. The van der Waals surface area contributed by atoms with Gasteiger partial charge in [0.05, 0.1) is 20.8 Å². The van der Waals surface area contributed by atoms with E-state index >= 15 is 0 Å². The predicted molar refractivity (Wildman–Crippen MR) is 83.2 cm³/mol. The minimum atomic E-state index is -0.760. The first-order chi connectivity index (χ1) is 11.5. The van der Waals surface area contributed by atoms with E-state index in [9.17, 15) is 14.4 Å². The van der Waals surface area contributed by atoms with Crippen LogP contribution in [0.25, 0.3) is 0 Å². The fraction of sp³-hybridized carbons (Fsp3) is 0.400. The van der Waals surface area contributed by atoms with Gasteiger partial charge in [-0.3, -0.25) is 10.1 Å². The summed E-state index contributed by atoms with van der Waals surface area (Å²) in [5.74, 6) is -0.763. The van der Waals surface area contributed by atoms with E-state index in [0.717, 1.165) is 0 Å². The molecule has 0 unspecified atom stereocenters. The molecule has 9 heteroatoms. The molecule has 1 aromatic carbocycles. The normalized spacial score (nSPS) is 9.79. The molecule has 1 aromatic rings. The first-order valence-electron chi connectivity index (χ1n) is 6.97. The Kier molecular flexibility index (Phi) is 8.06. The van der Waals surface area contributed by atoms with Crippen molar-refractivity contribution in [3.8, 4) is 11.5 Å². The summed E-state index contributed by atoms with van der Waals surface area (Å²) < 4.78 is 19.7. The van der Waals surface area contributed by atoms with Crippen LogP contribution in [-0.4, -0.2) is 59.0 Å². The molecule has 3 amide bonds. The van der Waals surface area contributed by atoms with Gasteiger partial charge in [-0.25, -0.2) is 9.59 Å². The molecular formula is C15H20N2O7. The van der Waals surface area contributed by atoms with Gasteiger partial charge in [0.15, 0.2) is 6.61 Å². The molecule has 0 fully saturated rings. The summed E-state index contributed by atoms with van der Waals surface area (Å²) in [6, 6.07) is 3.83. The van der Waals surface area contributed by atoms with E-state index in [1.807, 2.05) is 5.32 Å². The highest BCUT2D eigenvalue weighted by Crippen LogP contribution is 2.25. The highest BCUT2D eigenvalue weighted by Gasteiger charge is 2.17. The Bertz CT molecular complexity index is 589. The average Bonchev–Trinajstić information content (AvgIpc) is 2.59. The average molecular weight is 340 g/mol. The van der Waals surface area contributed by atoms with Crippen LogP contribution in [0.1, 0.15) is 10.4 Å². The van der Waals surface area contributed by atoms with Gasteiger partial charge in [-0.05, 0) is 12.1 Å². The van der Waals surface area contributed by atoms with E-state index in [1.165, 1.54) is 33.5 Å². The molecule has 0 aliphatic rings. The van der Waals surface area contributed by atoms with Crippen LogP contribution >= 0.6 is 0 Å². The lowest BCUT2D eigenvalue weighted by molar-refractivity contribution is -0.123. The highest BCUT2D eigenvalue weighted by molar-refractivity contribution is 5.97. The first-order valence-corrected chi connectivity index (χ1v) is 6.97. The first kappa shape index (κ1) is 19.2. The fourth-order valence-corrected chi connectivity index (χ4v) is 1.65. The van der Waals surface area contributed by atoms with Crippen LogP contribution in [0.2, 0.25) is 0 Å². The second kappa shape index (κ2) is 10.1. The number of methoxy groups -OCH3 is 3. The summed E-state index contributed by atoms with van der Waals surface area (Å²) in [6.07, 6.45) is 0. The third-order valence-electron chi connectivity index (χ3n) is 2.81. The summed E-state index contributed by atoms with van der Waals surface area (Å²) in [5, 5.41) is 4.41. The number of hydrogen-bond donors (Lipinski definition) is 2. The van der Waals surface area contributed by atoms with Gasteiger partial charge in [-0.15, -0.1) is 0 Å². The number of nitrogens with one attached hydrogen (secondary N) is 2. The van der Waals surface area contributed by atoms with Crippen molar-refractivity contribution in [1.29, 1.82) is 0 Å². The maximum Gasteiger partial charge on any atom is 0.342 e. The highest BCUT2D eigenvalue weighted by atomic mass is 16.5. The van der Waals surface area contributed by atoms with Crippen molar-refractivity contribution in [2.75, 3.05) is 41.1 Å². The number of carbonyl (C=O) groups excluding carboxylic acids is 3. The van der Waals surface area contributed by atoms with Gasteiger partial charge >= 0.3 is 12.0 Å². The Morgan fingerprint density at radius 1 is 1.08 bits per heavy atom. The Morgan fingerprint density at radius 3 is 2.46 bits per heavy atom. The van der Waals surface area contributed by atoms with Crippen molar-refractivity contribution < 1.29 is 33.3 Å². The van der Waals surface area contributed by atoms with Crippen LogP contribution in [0.5, 0.6) is 11.5 Å². The fourth-order valence-electron chi connectivity index (χ4n) is 1.65. The largest absolute Gasteiger partial charge is 0.497 e. The zero-order chi connectivity index (χ0) is 17.9. The Hall–Kier alpha value is -2.81. The number of amides is 3. The van der Waals surface area contributed by atoms with E-state index in [-0.39, 0.29) is 17.9 Å². The third kappa shape index (κ3) is 6.13. The minimum Gasteiger partial charge on any atom is -0.497 e. The lowest BCUT2D eigenvalue weighted by Crippen LogP contribution is -2.42. The summed E-state index contributed by atoms with van der Waals surface area (Å²) in [4.78, 5) is 34.9. The van der Waals surface area contributed by atoms with Gasteiger partial charge < -0.3 is 24.3 Å². The van der Waals surface area contributed by atoms with Gasteiger partial charge in [0.2, 0.25) is 0 Å². The molecule has 0 atom stereocenters. The maximum atomic E-state index is 12.0. The topological polar surface area (TPSA) is 112 Å². The van der Waals surface area contributed by atoms with Crippen LogP contribution in [0.15, 0.2) is 18.2 Å². The Labute approximate surface area is 139 Å². The SMILES string of the molecule is COCCNC(=O)NC(=O)COC(=O)c1ccc(OC)cc1OC. The molecule has 0 heterocycles. The number of esters is 1. The third-order valence-corrected chi connectivity index (χ3v) is 2.81. The molecule has 0 bridgehead atoms. The number of carbonyl (C=O) groups is 3. The van der Waals surface area contributed by atoms with Gasteiger partial charge in [0, 0.05) is 19.7 Å². The van der Waals surface area contributed by atoms with Crippen molar-refractivity contribution in [3.05, 3.63) is 23.8 Å². The van der Waals surface area contributed by atoms with Crippen LogP contribution < -0.4 is 20.1 Å². The van der Waals surface area contributed by atoms with Gasteiger partial charge in [-0.2, -0.15) is 0 Å². The second-order valence-electron chi connectivity index (χ2n) is 4.44. The van der Waals surface area contributed by atoms with Crippen molar-refractivity contribution in [3.63, 3.8) is 0 Å².